The highest BCUT2D eigenvalue weighted by Crippen LogP contribution is 2.26. The Hall–Kier alpha value is -1.26. The highest BCUT2D eigenvalue weighted by atomic mass is 35.5. The fourth-order valence-corrected chi connectivity index (χ4v) is 3.53. The molecule has 0 spiro atoms. The van der Waals surface area contributed by atoms with Gasteiger partial charge < -0.3 is 10.0 Å². The first kappa shape index (κ1) is 14.7. The first-order valence-corrected chi connectivity index (χ1v) is 8.05. The lowest BCUT2D eigenvalue weighted by Crippen LogP contribution is -2.41. The van der Waals surface area contributed by atoms with Crippen molar-refractivity contribution in [1.82, 2.24) is 9.80 Å². The van der Waals surface area contributed by atoms with Gasteiger partial charge in [-0.3, -0.25) is 9.69 Å². The van der Waals surface area contributed by atoms with Crippen LogP contribution in [0.3, 0.4) is 0 Å². The smallest absolute Gasteiger partial charge is 0.257 e. The minimum Gasteiger partial charge on any atom is -0.507 e. The van der Waals surface area contributed by atoms with Crippen molar-refractivity contribution in [2.45, 2.75) is 31.7 Å². The Kier molecular flexibility index (Phi) is 4.36. The topological polar surface area (TPSA) is 43.8 Å². The van der Waals surface area contributed by atoms with Crippen LogP contribution in [0.25, 0.3) is 0 Å². The number of carbonyl (C=O) groups is 1. The highest BCUT2D eigenvalue weighted by molar-refractivity contribution is 6.30. The van der Waals surface area contributed by atoms with Crippen molar-refractivity contribution in [1.29, 1.82) is 0 Å². The Balaban J connectivity index is 1.66. The lowest BCUT2D eigenvalue weighted by Gasteiger charge is -2.32. The van der Waals surface area contributed by atoms with Crippen molar-refractivity contribution in [3.05, 3.63) is 28.8 Å². The molecule has 114 valence electrons. The van der Waals surface area contributed by atoms with Crippen LogP contribution in [-0.4, -0.2) is 53.0 Å². The second kappa shape index (κ2) is 6.24. The minimum absolute atomic E-state index is 0.0334. The molecule has 21 heavy (non-hydrogen) atoms. The predicted molar refractivity (Wildman–Crippen MR) is 82.8 cm³/mol. The number of halogens is 1. The van der Waals surface area contributed by atoms with Gasteiger partial charge in [-0.1, -0.05) is 18.0 Å². The maximum Gasteiger partial charge on any atom is 0.257 e. The van der Waals surface area contributed by atoms with Crippen LogP contribution in [0, 0.1) is 0 Å². The van der Waals surface area contributed by atoms with Crippen LogP contribution in [0.2, 0.25) is 5.02 Å². The molecule has 5 heteroatoms. The van der Waals surface area contributed by atoms with Crippen molar-refractivity contribution in [3.63, 3.8) is 0 Å². The summed E-state index contributed by atoms with van der Waals surface area (Å²) in [6.45, 7) is 3.83. The van der Waals surface area contributed by atoms with Gasteiger partial charge in [0.2, 0.25) is 0 Å². The van der Waals surface area contributed by atoms with Crippen molar-refractivity contribution < 1.29 is 9.90 Å². The SMILES string of the molecule is O=C(c1ccc(Cl)cc1O)N1CCC(N2CCCCC2)C1. The van der Waals surface area contributed by atoms with Crippen molar-refractivity contribution >= 4 is 17.5 Å². The van der Waals surface area contributed by atoms with Gasteiger partial charge in [0.25, 0.3) is 5.91 Å². The molecule has 2 fully saturated rings. The summed E-state index contributed by atoms with van der Waals surface area (Å²) in [6.07, 6.45) is 4.88. The molecule has 0 saturated carbocycles. The van der Waals surface area contributed by atoms with Gasteiger partial charge >= 0.3 is 0 Å². The molecule has 2 aliphatic rings. The average Bonchev–Trinajstić information content (AvgIpc) is 2.97. The molecule has 1 aromatic carbocycles. The second-order valence-electron chi connectivity index (χ2n) is 5.95. The van der Waals surface area contributed by atoms with Crippen molar-refractivity contribution in [2.24, 2.45) is 0 Å². The molecule has 4 nitrogen and oxygen atoms in total. The maximum absolute atomic E-state index is 12.5. The number of benzene rings is 1. The third-order valence-electron chi connectivity index (χ3n) is 4.55. The third kappa shape index (κ3) is 3.16. The zero-order chi connectivity index (χ0) is 14.8. The molecule has 2 saturated heterocycles. The van der Waals surface area contributed by atoms with E-state index in [0.717, 1.165) is 32.6 Å². The molecule has 3 rings (SSSR count). The van der Waals surface area contributed by atoms with Crippen molar-refractivity contribution in [3.8, 4) is 5.75 Å². The van der Waals surface area contributed by atoms with Gasteiger partial charge in [-0.25, -0.2) is 0 Å². The van der Waals surface area contributed by atoms with Crippen LogP contribution >= 0.6 is 11.6 Å². The van der Waals surface area contributed by atoms with E-state index in [1.807, 2.05) is 4.90 Å². The van der Waals surface area contributed by atoms with E-state index < -0.39 is 0 Å². The quantitative estimate of drug-likeness (QED) is 0.913. The van der Waals surface area contributed by atoms with E-state index >= 15 is 0 Å². The summed E-state index contributed by atoms with van der Waals surface area (Å²) < 4.78 is 0. The summed E-state index contributed by atoms with van der Waals surface area (Å²) in [5.41, 5.74) is 0.346. The molecule has 2 heterocycles. The number of aromatic hydroxyl groups is 1. The van der Waals surface area contributed by atoms with Gasteiger partial charge in [-0.05, 0) is 50.6 Å². The first-order valence-electron chi connectivity index (χ1n) is 7.67. The summed E-state index contributed by atoms with van der Waals surface area (Å²) >= 11 is 5.81. The molecule has 0 aliphatic carbocycles. The standard InChI is InChI=1S/C16H21ClN2O2/c17-12-4-5-14(15(20)10-12)16(21)19-9-6-13(11-19)18-7-2-1-3-8-18/h4-5,10,13,20H,1-3,6-9,11H2. The van der Waals surface area contributed by atoms with Crippen LogP contribution in [0.1, 0.15) is 36.0 Å². The zero-order valence-corrected chi connectivity index (χ0v) is 12.9. The number of hydrogen-bond acceptors (Lipinski definition) is 3. The van der Waals surface area contributed by atoms with Crippen LogP contribution in [0.15, 0.2) is 18.2 Å². The molecule has 0 bridgehead atoms. The van der Waals surface area contributed by atoms with Gasteiger partial charge in [-0.15, -0.1) is 0 Å². The normalized spacial score (nSPS) is 23.5. The van der Waals surface area contributed by atoms with Crippen LogP contribution in [0.4, 0.5) is 0 Å². The fourth-order valence-electron chi connectivity index (χ4n) is 3.36. The summed E-state index contributed by atoms with van der Waals surface area (Å²) in [4.78, 5) is 16.9. The van der Waals surface area contributed by atoms with E-state index in [-0.39, 0.29) is 11.7 Å². The summed E-state index contributed by atoms with van der Waals surface area (Å²) in [7, 11) is 0. The third-order valence-corrected chi connectivity index (χ3v) is 4.78. The van der Waals surface area contributed by atoms with Gasteiger partial charge in [0.15, 0.2) is 0 Å². The van der Waals surface area contributed by atoms with E-state index in [4.69, 9.17) is 11.6 Å². The van der Waals surface area contributed by atoms with Crippen LogP contribution in [0.5, 0.6) is 5.75 Å². The molecule has 1 aromatic rings. The Labute approximate surface area is 130 Å². The molecular formula is C16H21ClN2O2. The molecular weight excluding hydrogens is 288 g/mol. The van der Waals surface area contributed by atoms with E-state index in [1.165, 1.54) is 25.3 Å². The Morgan fingerprint density at radius 2 is 1.95 bits per heavy atom. The fraction of sp³-hybridized carbons (Fsp3) is 0.562. The number of phenols is 1. The van der Waals surface area contributed by atoms with E-state index in [0.29, 0.717) is 16.6 Å². The second-order valence-corrected chi connectivity index (χ2v) is 6.39. The van der Waals surface area contributed by atoms with Gasteiger partial charge in [0.1, 0.15) is 5.75 Å². The lowest BCUT2D eigenvalue weighted by molar-refractivity contribution is 0.0768. The molecule has 1 unspecified atom stereocenters. The monoisotopic (exact) mass is 308 g/mol. The Morgan fingerprint density at radius 1 is 1.19 bits per heavy atom. The maximum atomic E-state index is 12.5. The molecule has 1 N–H and O–H groups in total. The lowest BCUT2D eigenvalue weighted by atomic mass is 10.1. The van der Waals surface area contributed by atoms with Gasteiger partial charge in [-0.2, -0.15) is 0 Å². The average molecular weight is 309 g/mol. The molecule has 0 aromatic heterocycles. The molecule has 1 atom stereocenters. The van der Waals surface area contributed by atoms with Crippen molar-refractivity contribution in [2.75, 3.05) is 26.2 Å². The summed E-state index contributed by atoms with van der Waals surface area (Å²) in [5.74, 6) is -0.127. The zero-order valence-electron chi connectivity index (χ0n) is 12.1. The predicted octanol–water partition coefficient (Wildman–Crippen LogP) is 2.75. The van der Waals surface area contributed by atoms with E-state index in [2.05, 4.69) is 4.90 Å². The van der Waals surface area contributed by atoms with Crippen LogP contribution < -0.4 is 0 Å². The Bertz CT molecular complexity index is 529. The number of rotatable bonds is 2. The minimum atomic E-state index is -0.0938. The summed E-state index contributed by atoms with van der Waals surface area (Å²) in [6, 6.07) is 5.15. The van der Waals surface area contributed by atoms with Crippen LogP contribution in [-0.2, 0) is 0 Å². The first-order chi connectivity index (χ1) is 10.1. The number of carbonyl (C=O) groups excluding carboxylic acids is 1. The molecule has 2 aliphatic heterocycles. The largest absolute Gasteiger partial charge is 0.507 e. The number of likely N-dealkylation sites (tertiary alicyclic amines) is 2. The number of hydrogen-bond donors (Lipinski definition) is 1. The number of piperidine rings is 1. The Morgan fingerprint density at radius 3 is 2.67 bits per heavy atom. The molecule has 1 amide bonds. The number of nitrogens with zero attached hydrogens (tertiary/aromatic N) is 2. The van der Waals surface area contributed by atoms with Gasteiger partial charge in [0.05, 0.1) is 5.56 Å². The number of phenolic OH excluding ortho intramolecular Hbond substituents is 1. The van der Waals surface area contributed by atoms with E-state index in [9.17, 15) is 9.90 Å². The highest BCUT2D eigenvalue weighted by Gasteiger charge is 2.32. The van der Waals surface area contributed by atoms with Gasteiger partial charge in [0, 0.05) is 24.2 Å². The molecule has 0 radical (unpaired) electrons. The summed E-state index contributed by atoms with van der Waals surface area (Å²) in [5, 5.41) is 10.3. The van der Waals surface area contributed by atoms with E-state index in [1.54, 1.807) is 12.1 Å². The number of amides is 1.